The smallest absolute Gasteiger partial charge is 0.304 e. The topological polar surface area (TPSA) is 73.1 Å². The summed E-state index contributed by atoms with van der Waals surface area (Å²) >= 11 is 0. The Labute approximate surface area is 59.5 Å². The van der Waals surface area contributed by atoms with Crippen molar-refractivity contribution in [3.8, 4) is 6.07 Å². The van der Waals surface area contributed by atoms with Crippen LogP contribution in [0.3, 0.4) is 0 Å². The average molecular weight is 142 g/mol. The summed E-state index contributed by atoms with van der Waals surface area (Å²) in [6.45, 7) is 2.03. The van der Waals surface area contributed by atoms with Gasteiger partial charge in [0.05, 0.1) is 18.5 Å². The van der Waals surface area contributed by atoms with Crippen molar-refractivity contribution in [3.05, 3.63) is 0 Å². The molecule has 10 heavy (non-hydrogen) atoms. The van der Waals surface area contributed by atoms with Crippen molar-refractivity contribution in [2.24, 2.45) is 0 Å². The molecule has 0 saturated carbocycles. The molecule has 1 unspecified atom stereocenters. The molecule has 0 spiro atoms. The van der Waals surface area contributed by atoms with Gasteiger partial charge in [0.15, 0.2) is 0 Å². The van der Waals surface area contributed by atoms with Crippen molar-refractivity contribution >= 4 is 5.97 Å². The Bertz CT molecular complexity index is 150. The number of carbonyl (C=O) groups is 1. The van der Waals surface area contributed by atoms with Crippen LogP contribution in [0.1, 0.15) is 13.3 Å². The Balaban J connectivity index is 3.22. The van der Waals surface area contributed by atoms with E-state index in [2.05, 4.69) is 5.32 Å². The van der Waals surface area contributed by atoms with Crippen molar-refractivity contribution in [3.63, 3.8) is 0 Å². The molecule has 56 valence electrons. The van der Waals surface area contributed by atoms with E-state index in [1.807, 2.05) is 6.07 Å². The van der Waals surface area contributed by atoms with Crippen LogP contribution in [0.25, 0.3) is 0 Å². The van der Waals surface area contributed by atoms with E-state index in [-0.39, 0.29) is 12.5 Å². The Hall–Kier alpha value is -1.08. The third-order valence-corrected chi connectivity index (χ3v) is 0.983. The van der Waals surface area contributed by atoms with Gasteiger partial charge in [-0.25, -0.2) is 0 Å². The lowest BCUT2D eigenvalue weighted by molar-refractivity contribution is -0.136. The first-order chi connectivity index (χ1) is 4.66. The monoisotopic (exact) mass is 142 g/mol. The van der Waals surface area contributed by atoms with Crippen LogP contribution in [0, 0.1) is 11.3 Å². The molecule has 0 aliphatic carbocycles. The molecule has 2 N–H and O–H groups in total. The van der Waals surface area contributed by atoms with Gasteiger partial charge in [-0.15, -0.1) is 0 Å². The van der Waals surface area contributed by atoms with Crippen LogP contribution in [0.15, 0.2) is 0 Å². The minimum absolute atomic E-state index is 0.0615. The molecule has 0 fully saturated rings. The summed E-state index contributed by atoms with van der Waals surface area (Å²) in [7, 11) is 0. The van der Waals surface area contributed by atoms with Gasteiger partial charge in [-0.1, -0.05) is 0 Å². The molecule has 0 saturated heterocycles. The van der Waals surface area contributed by atoms with E-state index in [4.69, 9.17) is 10.4 Å². The standard InChI is InChI=1S/C6H10N2O2/c1-5(4-7)8-3-2-6(9)10/h5,8H,2-3H2,1H3,(H,9,10). The summed E-state index contributed by atoms with van der Waals surface area (Å²) in [5.41, 5.74) is 0. The number of aliphatic carboxylic acids is 1. The van der Waals surface area contributed by atoms with E-state index < -0.39 is 5.97 Å². The van der Waals surface area contributed by atoms with Crippen LogP contribution in [0.5, 0.6) is 0 Å². The molecule has 0 bridgehead atoms. The fraction of sp³-hybridized carbons (Fsp3) is 0.667. The van der Waals surface area contributed by atoms with E-state index in [0.717, 1.165) is 0 Å². The van der Waals surface area contributed by atoms with Crippen LogP contribution >= 0.6 is 0 Å². The third kappa shape index (κ3) is 5.06. The number of carboxylic acid groups (broad SMARTS) is 1. The zero-order valence-electron chi connectivity index (χ0n) is 5.79. The zero-order valence-corrected chi connectivity index (χ0v) is 5.79. The first-order valence-corrected chi connectivity index (χ1v) is 3.01. The highest BCUT2D eigenvalue weighted by Crippen LogP contribution is 1.79. The second-order valence-electron chi connectivity index (χ2n) is 1.95. The van der Waals surface area contributed by atoms with Gasteiger partial charge in [-0.05, 0) is 6.92 Å². The lowest BCUT2D eigenvalue weighted by atomic mass is 10.3. The first kappa shape index (κ1) is 8.92. The van der Waals surface area contributed by atoms with Gasteiger partial charge in [0.2, 0.25) is 0 Å². The molecule has 0 rings (SSSR count). The maximum atomic E-state index is 9.95. The second kappa shape index (κ2) is 4.77. The molecule has 4 nitrogen and oxygen atoms in total. The molecule has 0 aromatic rings. The summed E-state index contributed by atoms with van der Waals surface area (Å²) in [5.74, 6) is -0.849. The van der Waals surface area contributed by atoms with Gasteiger partial charge in [0.25, 0.3) is 0 Å². The molecule has 0 aromatic heterocycles. The molecule has 0 aliphatic heterocycles. The normalized spacial score (nSPS) is 12.0. The second-order valence-corrected chi connectivity index (χ2v) is 1.95. The maximum absolute atomic E-state index is 9.95. The molecule has 0 amide bonds. The van der Waals surface area contributed by atoms with Crippen LogP contribution in [-0.4, -0.2) is 23.7 Å². The number of hydrogen-bond acceptors (Lipinski definition) is 3. The Morgan fingerprint density at radius 3 is 2.90 bits per heavy atom. The summed E-state index contributed by atoms with van der Waals surface area (Å²) in [6, 6.07) is 1.67. The lowest BCUT2D eigenvalue weighted by Crippen LogP contribution is -2.26. The van der Waals surface area contributed by atoms with Crippen LogP contribution in [0.4, 0.5) is 0 Å². The predicted molar refractivity (Wildman–Crippen MR) is 35.3 cm³/mol. The van der Waals surface area contributed by atoms with E-state index in [1.54, 1.807) is 6.92 Å². The summed E-state index contributed by atoms with van der Waals surface area (Å²) in [4.78, 5) is 9.95. The highest BCUT2D eigenvalue weighted by molar-refractivity contribution is 5.66. The van der Waals surface area contributed by atoms with Gasteiger partial charge in [-0.3, -0.25) is 4.79 Å². The third-order valence-electron chi connectivity index (χ3n) is 0.983. The van der Waals surface area contributed by atoms with Crippen molar-refractivity contribution in [2.45, 2.75) is 19.4 Å². The van der Waals surface area contributed by atoms with Crippen molar-refractivity contribution < 1.29 is 9.90 Å². The first-order valence-electron chi connectivity index (χ1n) is 3.01. The zero-order chi connectivity index (χ0) is 7.98. The lowest BCUT2D eigenvalue weighted by Gasteiger charge is -2.01. The Morgan fingerprint density at radius 2 is 2.50 bits per heavy atom. The number of carboxylic acids is 1. The quantitative estimate of drug-likeness (QED) is 0.577. The molecule has 0 radical (unpaired) electrons. The Kier molecular flexibility index (Phi) is 4.25. The molecule has 0 aliphatic rings. The van der Waals surface area contributed by atoms with Gasteiger partial charge >= 0.3 is 5.97 Å². The van der Waals surface area contributed by atoms with Crippen LogP contribution in [-0.2, 0) is 4.79 Å². The largest absolute Gasteiger partial charge is 0.481 e. The fourth-order valence-corrected chi connectivity index (χ4v) is 0.441. The number of rotatable bonds is 4. The van der Waals surface area contributed by atoms with Crippen LogP contribution in [0.2, 0.25) is 0 Å². The van der Waals surface area contributed by atoms with Crippen molar-refractivity contribution in [1.82, 2.24) is 5.32 Å². The minimum atomic E-state index is -0.849. The molecular weight excluding hydrogens is 132 g/mol. The minimum Gasteiger partial charge on any atom is -0.481 e. The summed E-state index contributed by atoms with van der Waals surface area (Å²) < 4.78 is 0. The van der Waals surface area contributed by atoms with Gasteiger partial charge in [0.1, 0.15) is 0 Å². The van der Waals surface area contributed by atoms with E-state index >= 15 is 0 Å². The van der Waals surface area contributed by atoms with E-state index in [9.17, 15) is 4.79 Å². The van der Waals surface area contributed by atoms with Gasteiger partial charge < -0.3 is 10.4 Å². The predicted octanol–water partition coefficient (Wildman–Crippen LogP) is -0.0372. The fourth-order valence-electron chi connectivity index (χ4n) is 0.441. The van der Waals surface area contributed by atoms with Crippen LogP contribution < -0.4 is 5.32 Å². The molecule has 4 heteroatoms. The highest BCUT2D eigenvalue weighted by atomic mass is 16.4. The number of hydrogen-bond donors (Lipinski definition) is 2. The van der Waals surface area contributed by atoms with E-state index in [0.29, 0.717) is 6.54 Å². The highest BCUT2D eigenvalue weighted by Gasteiger charge is 1.99. The molecular formula is C6H10N2O2. The summed E-state index contributed by atoms with van der Waals surface area (Å²) in [5, 5.41) is 19.1. The molecule has 0 heterocycles. The Morgan fingerprint density at radius 1 is 1.90 bits per heavy atom. The number of nitriles is 1. The van der Waals surface area contributed by atoms with E-state index in [1.165, 1.54) is 0 Å². The molecule has 1 atom stereocenters. The van der Waals surface area contributed by atoms with Gasteiger partial charge in [0, 0.05) is 6.54 Å². The number of nitrogens with one attached hydrogen (secondary N) is 1. The SMILES string of the molecule is CC(C#N)NCCC(=O)O. The average Bonchev–Trinajstić information content (AvgIpc) is 1.87. The van der Waals surface area contributed by atoms with Crippen molar-refractivity contribution in [2.75, 3.05) is 6.54 Å². The van der Waals surface area contributed by atoms with Gasteiger partial charge in [-0.2, -0.15) is 5.26 Å². The summed E-state index contributed by atoms with van der Waals surface area (Å²) in [6.07, 6.45) is 0.0615. The van der Waals surface area contributed by atoms with Crippen molar-refractivity contribution in [1.29, 1.82) is 5.26 Å². The maximum Gasteiger partial charge on any atom is 0.304 e. The molecule has 0 aromatic carbocycles. The number of nitrogens with zero attached hydrogens (tertiary/aromatic N) is 1.